The van der Waals surface area contributed by atoms with Gasteiger partial charge in [0.05, 0.1) is 12.0 Å². The van der Waals surface area contributed by atoms with Crippen molar-refractivity contribution in [3.05, 3.63) is 0 Å². The van der Waals surface area contributed by atoms with Gasteiger partial charge in [-0.15, -0.1) is 11.6 Å². The number of carbonyl (C=O) groups is 2. The first-order valence-electron chi connectivity index (χ1n) is 4.87. The van der Waals surface area contributed by atoms with Crippen LogP contribution in [0.2, 0.25) is 0 Å². The summed E-state index contributed by atoms with van der Waals surface area (Å²) in [6, 6.07) is 0.0440. The molecule has 0 aromatic heterocycles. The molecule has 2 aliphatic heterocycles. The Kier molecular flexibility index (Phi) is 2.63. The Morgan fingerprint density at radius 1 is 1.64 bits per heavy atom. The van der Waals surface area contributed by atoms with E-state index in [1.165, 1.54) is 0 Å². The Bertz CT molecular complexity index is 270. The number of rotatable bonds is 1. The molecule has 14 heavy (non-hydrogen) atoms. The minimum absolute atomic E-state index is 0.00378. The van der Waals surface area contributed by atoms with Gasteiger partial charge in [0.2, 0.25) is 11.8 Å². The molecule has 2 saturated heterocycles. The third-order valence-corrected chi connectivity index (χ3v) is 3.26. The van der Waals surface area contributed by atoms with Crippen LogP contribution in [-0.4, -0.2) is 41.7 Å². The van der Waals surface area contributed by atoms with Gasteiger partial charge in [0.25, 0.3) is 0 Å². The second kappa shape index (κ2) is 3.77. The molecule has 1 N–H and O–H groups in total. The normalized spacial score (nSPS) is 31.2. The number of alkyl halides is 1. The fourth-order valence-corrected chi connectivity index (χ4v) is 2.49. The monoisotopic (exact) mass is 216 g/mol. The number of nitrogens with one attached hydrogen (secondary N) is 1. The van der Waals surface area contributed by atoms with Gasteiger partial charge in [0.1, 0.15) is 5.88 Å². The van der Waals surface area contributed by atoms with Crippen LogP contribution < -0.4 is 5.32 Å². The summed E-state index contributed by atoms with van der Waals surface area (Å²) in [4.78, 5) is 24.6. The minimum atomic E-state index is -0.0575. The highest BCUT2D eigenvalue weighted by Gasteiger charge is 2.42. The first-order valence-corrected chi connectivity index (χ1v) is 5.40. The first kappa shape index (κ1) is 9.77. The maximum Gasteiger partial charge on any atom is 0.237 e. The molecule has 2 amide bonds. The van der Waals surface area contributed by atoms with E-state index in [9.17, 15) is 9.59 Å². The molecule has 2 aliphatic rings. The Balaban J connectivity index is 2.12. The molecule has 0 bridgehead atoms. The third kappa shape index (κ3) is 1.47. The van der Waals surface area contributed by atoms with Crippen LogP contribution in [0.4, 0.5) is 0 Å². The predicted molar refractivity (Wildman–Crippen MR) is 52.0 cm³/mol. The molecule has 0 saturated carbocycles. The summed E-state index contributed by atoms with van der Waals surface area (Å²) < 4.78 is 0. The highest BCUT2D eigenvalue weighted by molar-refractivity contribution is 6.27. The molecule has 0 aliphatic carbocycles. The molecular weight excluding hydrogens is 204 g/mol. The average molecular weight is 217 g/mol. The van der Waals surface area contributed by atoms with Crippen molar-refractivity contribution in [1.29, 1.82) is 0 Å². The van der Waals surface area contributed by atoms with Gasteiger partial charge < -0.3 is 10.2 Å². The largest absolute Gasteiger partial charge is 0.354 e. The fourth-order valence-electron chi connectivity index (χ4n) is 2.34. The zero-order valence-electron chi connectivity index (χ0n) is 7.83. The highest BCUT2D eigenvalue weighted by Crippen LogP contribution is 2.27. The van der Waals surface area contributed by atoms with Crippen molar-refractivity contribution >= 4 is 23.4 Å². The molecule has 0 aromatic carbocycles. The van der Waals surface area contributed by atoms with E-state index in [2.05, 4.69) is 5.32 Å². The molecule has 2 rings (SSSR count). The minimum Gasteiger partial charge on any atom is -0.354 e. The number of amides is 2. The molecule has 0 radical (unpaired) electrons. The van der Waals surface area contributed by atoms with Crippen molar-refractivity contribution < 1.29 is 9.59 Å². The van der Waals surface area contributed by atoms with E-state index in [0.29, 0.717) is 6.54 Å². The maximum atomic E-state index is 11.5. The summed E-state index contributed by atoms with van der Waals surface area (Å²) in [6.45, 7) is 1.33. The summed E-state index contributed by atoms with van der Waals surface area (Å²) in [5, 5.41) is 2.79. The van der Waals surface area contributed by atoms with Crippen LogP contribution in [-0.2, 0) is 9.59 Å². The van der Waals surface area contributed by atoms with Gasteiger partial charge in [-0.3, -0.25) is 9.59 Å². The second-order valence-corrected chi connectivity index (χ2v) is 4.05. The van der Waals surface area contributed by atoms with Crippen LogP contribution in [0, 0.1) is 5.92 Å². The smallest absolute Gasteiger partial charge is 0.237 e. The Morgan fingerprint density at radius 2 is 2.43 bits per heavy atom. The summed E-state index contributed by atoms with van der Waals surface area (Å²) in [7, 11) is 0. The first-order chi connectivity index (χ1) is 6.74. The number of likely N-dealkylation sites (tertiary alicyclic amines) is 1. The quantitative estimate of drug-likeness (QED) is 0.626. The van der Waals surface area contributed by atoms with Gasteiger partial charge in [-0.2, -0.15) is 0 Å². The van der Waals surface area contributed by atoms with E-state index in [4.69, 9.17) is 11.6 Å². The number of piperidine rings is 1. The average Bonchev–Trinajstić information content (AvgIpc) is 2.59. The Labute approximate surface area is 87.6 Å². The van der Waals surface area contributed by atoms with Crippen LogP contribution in [0.3, 0.4) is 0 Å². The van der Waals surface area contributed by atoms with E-state index in [-0.39, 0.29) is 29.7 Å². The number of hydrogen-bond donors (Lipinski definition) is 1. The van der Waals surface area contributed by atoms with Gasteiger partial charge in [-0.1, -0.05) is 0 Å². The molecular formula is C9H13ClN2O2. The topological polar surface area (TPSA) is 49.4 Å². The van der Waals surface area contributed by atoms with Crippen molar-refractivity contribution in [3.63, 3.8) is 0 Å². The lowest BCUT2D eigenvalue weighted by Gasteiger charge is -2.35. The zero-order valence-corrected chi connectivity index (χ0v) is 8.59. The van der Waals surface area contributed by atoms with E-state index in [1.54, 1.807) is 4.90 Å². The third-order valence-electron chi connectivity index (χ3n) is 3.04. The van der Waals surface area contributed by atoms with Gasteiger partial charge in [-0.25, -0.2) is 0 Å². The van der Waals surface area contributed by atoms with Crippen molar-refractivity contribution in [1.82, 2.24) is 10.2 Å². The van der Waals surface area contributed by atoms with Crippen molar-refractivity contribution in [2.75, 3.05) is 19.0 Å². The van der Waals surface area contributed by atoms with E-state index in [1.807, 2.05) is 0 Å². The van der Waals surface area contributed by atoms with Gasteiger partial charge in [0.15, 0.2) is 0 Å². The van der Waals surface area contributed by atoms with Crippen LogP contribution in [0.1, 0.15) is 12.8 Å². The van der Waals surface area contributed by atoms with Crippen LogP contribution in [0.15, 0.2) is 0 Å². The molecule has 78 valence electrons. The summed E-state index contributed by atoms with van der Waals surface area (Å²) in [5.41, 5.74) is 0. The maximum absolute atomic E-state index is 11.5. The molecule has 0 spiro atoms. The number of nitrogens with zero attached hydrogens (tertiary/aromatic N) is 1. The Hall–Kier alpha value is -0.770. The zero-order chi connectivity index (χ0) is 10.1. The van der Waals surface area contributed by atoms with Gasteiger partial charge >= 0.3 is 0 Å². The number of fused-ring (bicyclic) bond motifs is 1. The number of carbonyl (C=O) groups excluding carboxylic acids is 2. The molecule has 2 heterocycles. The lowest BCUT2D eigenvalue weighted by molar-refractivity contribution is -0.134. The van der Waals surface area contributed by atoms with E-state index >= 15 is 0 Å². The lowest BCUT2D eigenvalue weighted by atomic mass is 9.91. The number of halogens is 1. The molecule has 2 fully saturated rings. The molecule has 0 aromatic rings. The summed E-state index contributed by atoms with van der Waals surface area (Å²) in [5.74, 6) is 0.0353. The highest BCUT2D eigenvalue weighted by atomic mass is 35.5. The van der Waals surface area contributed by atoms with Crippen molar-refractivity contribution in [2.45, 2.75) is 18.9 Å². The van der Waals surface area contributed by atoms with Crippen molar-refractivity contribution in [3.8, 4) is 0 Å². The predicted octanol–water partition coefficient (Wildman–Crippen LogP) is -0.0378. The van der Waals surface area contributed by atoms with Crippen LogP contribution >= 0.6 is 11.6 Å². The van der Waals surface area contributed by atoms with Crippen LogP contribution in [0.5, 0.6) is 0 Å². The molecule has 2 atom stereocenters. The van der Waals surface area contributed by atoms with E-state index < -0.39 is 0 Å². The summed E-state index contributed by atoms with van der Waals surface area (Å²) in [6.07, 6.45) is 1.79. The molecule has 2 unspecified atom stereocenters. The number of hydrogen-bond acceptors (Lipinski definition) is 2. The molecule has 4 nitrogen and oxygen atoms in total. The van der Waals surface area contributed by atoms with Crippen LogP contribution in [0.25, 0.3) is 0 Å². The molecule has 5 heteroatoms. The standard InChI is InChI=1S/C9H13ClN2O2/c10-4-8(13)12-3-1-2-6-7(12)5-11-9(6)14/h6-7H,1-5H2,(H,11,14). The van der Waals surface area contributed by atoms with Crippen molar-refractivity contribution in [2.24, 2.45) is 5.92 Å². The van der Waals surface area contributed by atoms with Gasteiger partial charge in [-0.05, 0) is 12.8 Å². The fraction of sp³-hybridized carbons (Fsp3) is 0.778. The second-order valence-electron chi connectivity index (χ2n) is 3.78. The summed E-state index contributed by atoms with van der Waals surface area (Å²) >= 11 is 5.52. The lowest BCUT2D eigenvalue weighted by Crippen LogP contribution is -2.49. The SMILES string of the molecule is O=C1NCC2C1CCCN2C(=O)CCl. The van der Waals surface area contributed by atoms with Gasteiger partial charge in [0, 0.05) is 13.1 Å². The Morgan fingerprint density at radius 3 is 3.14 bits per heavy atom. The van der Waals surface area contributed by atoms with E-state index in [0.717, 1.165) is 19.4 Å².